The van der Waals surface area contributed by atoms with E-state index < -0.39 is 51.4 Å². The van der Waals surface area contributed by atoms with Crippen molar-refractivity contribution in [3.63, 3.8) is 0 Å². The average Bonchev–Trinajstić information content (AvgIpc) is 1.63. The smallest absolute Gasteiger partial charge is 0.657 e. The van der Waals surface area contributed by atoms with E-state index in [4.69, 9.17) is 16.4 Å². The Morgan fingerprint density at radius 1 is 0.347 bits per heavy atom. The molecule has 118 heavy (non-hydrogen) atoms. The van der Waals surface area contributed by atoms with Gasteiger partial charge in [-0.05, 0) is 196 Å². The van der Waals surface area contributed by atoms with E-state index in [1.165, 1.54) is 90.4 Å². The first-order valence-electron chi connectivity index (χ1n) is 44.2. The Balaban J connectivity index is 0.000000161. The van der Waals surface area contributed by atoms with E-state index in [9.17, 15) is 26.3 Å². The van der Waals surface area contributed by atoms with E-state index in [1.54, 1.807) is 105 Å². The summed E-state index contributed by atoms with van der Waals surface area (Å²) in [5.74, 6) is 3.33. The van der Waals surface area contributed by atoms with E-state index >= 15 is 0 Å². The first kappa shape index (κ1) is 70.3. The van der Waals surface area contributed by atoms with E-state index in [2.05, 4.69) is 160 Å². The van der Waals surface area contributed by atoms with Gasteiger partial charge in [0.15, 0.2) is 0 Å². The van der Waals surface area contributed by atoms with Crippen LogP contribution in [-0.4, -0.2) is 52.8 Å². The van der Waals surface area contributed by atoms with Crippen molar-refractivity contribution in [1.82, 2.24) is 34.9 Å². The van der Waals surface area contributed by atoms with Gasteiger partial charge in [0.1, 0.15) is 23.3 Å². The third kappa shape index (κ3) is 16.8. The largest absolute Gasteiger partial charge is 4.00 e. The van der Waals surface area contributed by atoms with E-state index in [-0.39, 0.29) is 87.6 Å². The Morgan fingerprint density at radius 2 is 0.661 bits per heavy atom. The van der Waals surface area contributed by atoms with Gasteiger partial charge in [0.2, 0.25) is 0 Å². The van der Waals surface area contributed by atoms with Gasteiger partial charge in [-0.2, -0.15) is 53.0 Å². The fraction of sp³-hybridized carbons (Fsp3) is 0.253. The second-order valence-electron chi connectivity index (χ2n) is 30.8. The molecule has 7 aromatic carbocycles. The summed E-state index contributed by atoms with van der Waals surface area (Å²) in [5.41, 5.74) is 16.0. The number of rotatable bonds is 12. The minimum Gasteiger partial charge on any atom is -0.657 e. The van der Waals surface area contributed by atoms with Crippen molar-refractivity contribution in [2.24, 2.45) is 0 Å². The number of para-hydroxylation sites is 1. The zero-order valence-corrected chi connectivity index (χ0v) is 71.0. The van der Waals surface area contributed by atoms with Crippen LogP contribution in [-0.2, 0) is 54.5 Å². The molecule has 15 nitrogen and oxygen atoms in total. The molecule has 0 spiro atoms. The molecule has 608 valence electrons. The maximum atomic E-state index is 12.7. The van der Waals surface area contributed by atoms with Gasteiger partial charge in [-0.3, -0.25) is 4.98 Å². The molecule has 0 radical (unpaired) electrons. The summed E-state index contributed by atoms with van der Waals surface area (Å²) in [7, 11) is 0. The third-order valence-electron chi connectivity index (χ3n) is 20.9. The Morgan fingerprint density at radius 3 is 0.975 bits per heavy atom. The van der Waals surface area contributed by atoms with Gasteiger partial charge in [0, 0.05) is 76.4 Å². The molecular weight excluding hydrogens is 1860 g/mol. The predicted octanol–water partition coefficient (Wildman–Crippen LogP) is 24.8. The molecule has 0 unspecified atom stereocenters. The van der Waals surface area contributed by atoms with Gasteiger partial charge in [0.25, 0.3) is 0 Å². The summed E-state index contributed by atoms with van der Waals surface area (Å²) >= 11 is 0. The molecule has 23 heteroatoms. The third-order valence-corrected chi connectivity index (χ3v) is 20.9. The van der Waals surface area contributed by atoms with Crippen molar-refractivity contribution in [2.45, 2.75) is 131 Å². The summed E-state index contributed by atoms with van der Waals surface area (Å²) < 4.78 is 175. The summed E-state index contributed by atoms with van der Waals surface area (Å²) in [5, 5.41) is 2.52. The van der Waals surface area contributed by atoms with E-state index in [0.717, 1.165) is 69.7 Å². The van der Waals surface area contributed by atoms with Crippen molar-refractivity contribution < 1.29 is 84.9 Å². The Hall–Kier alpha value is -10.8. The number of pyridine rings is 5. The first-order chi connectivity index (χ1) is 60.2. The summed E-state index contributed by atoms with van der Waals surface area (Å²) in [6, 6.07) is 53.8. The molecule has 0 amide bonds. The second kappa shape index (κ2) is 34.3. The normalized spacial score (nSPS) is 15.7. The number of aromatic nitrogens is 7. The van der Waals surface area contributed by atoms with Crippen LogP contribution in [0.15, 0.2) is 201 Å². The summed E-state index contributed by atoms with van der Waals surface area (Å²) in [6.45, 7) is 22.7. The zero-order valence-electron chi connectivity index (χ0n) is 78.4. The van der Waals surface area contributed by atoms with Gasteiger partial charge in [0.05, 0.1) is 11.1 Å². The number of fused-ring (bicyclic) bond motifs is 10. The molecule has 4 aliphatic heterocycles. The Bertz CT molecular complexity index is 5870. The SMILES string of the molecule is FC(F)(F)c1ccc2[n-]c3ccc(C(F)(F)F)cc3c2c1.[2H]C([2H])([2H])N1[CH-]N(c2[c-]c(N3[CH-]N(C([2H])([2H])[2H])c4cccnc43)cc(-c3c(C(C)C)cc(C(C)C)cc3C(C)C)c2)c2ncccc21.[2H]C([2H])([2H])N1[CH-]N(c2[c-]c(N3[CH-]N(C([2H])([2H])[2H])c4cccnc43)cc(-c3c(C(C)C)cc(C(C)C)cc3C(C)C)c2)c2ncccc21.[Pt+4].[Pt+4].c1ccc2c(c1)[n-]c1cnccc12. The topological polar surface area (TPSA) is 119 Å². The van der Waals surface area contributed by atoms with Crippen molar-refractivity contribution in [2.75, 3.05) is 67.1 Å². The Kier molecular flexibility index (Phi) is 20.4. The molecule has 18 rings (SSSR count). The van der Waals surface area contributed by atoms with Crippen LogP contribution in [0.5, 0.6) is 0 Å². The molecule has 4 aliphatic rings. The molecule has 0 atom stereocenters. The maximum absolute atomic E-state index is 12.7. The Labute approximate surface area is 732 Å². The van der Waals surface area contributed by atoms with Gasteiger partial charge in [-0.1, -0.05) is 156 Å². The molecule has 11 heterocycles. The molecule has 7 aromatic heterocycles. The number of benzene rings is 7. The fourth-order valence-electron chi connectivity index (χ4n) is 15.0. The monoisotopic (exact) mass is 1960 g/mol. The molecule has 0 aliphatic carbocycles. The first-order valence-corrected chi connectivity index (χ1v) is 38.2. The second-order valence-corrected chi connectivity index (χ2v) is 30.8. The zero-order chi connectivity index (χ0) is 92.1. The quantitative estimate of drug-likeness (QED) is 0.0852. The van der Waals surface area contributed by atoms with Gasteiger partial charge in [-0.15, -0.1) is 92.3 Å². The summed E-state index contributed by atoms with van der Waals surface area (Å²) in [6.07, 6.45) is 1.02. The average molecular weight is 1960 g/mol. The number of nitrogens with zero attached hydrogens (tertiary/aromatic N) is 15. The standard InChI is InChI=1S/2C35H39N6.C14H6F6N.C11H7N2.2Pt/c2*1-22(2)25-17-29(23(3)4)33(30(18-25)24(5)6)26-15-27(40-20-38(7)31-11-9-13-36-34(31)40)19-28(16-26)41-21-39(8)32-12-10-14-37-35(32)41;15-13(16,17)7-1-3-11-9(5-7)10-6-8(14(18,19)20)2-4-12(10)21-11;1-2-4-10-8(3-1)9-5-6-12-7-11(9)13-10;;/h2*9-18,20-24H,1-8H3;1-6H;1-7H;;/q2*-3;2*-1;2*+4/i2*7D3,8D3;;;;. The molecule has 0 fully saturated rings. The number of halogens is 6. The number of hydrogen-bond donors (Lipinski definition) is 0. The molecule has 0 bridgehead atoms. The summed E-state index contributed by atoms with van der Waals surface area (Å²) in [4.78, 5) is 42.7. The fourth-order valence-corrected chi connectivity index (χ4v) is 15.0. The van der Waals surface area contributed by atoms with Crippen LogP contribution in [0.25, 0.3) is 65.9 Å². The van der Waals surface area contributed by atoms with Crippen molar-refractivity contribution in [3.8, 4) is 22.3 Å². The maximum Gasteiger partial charge on any atom is 4.00 e. The molecule has 0 saturated heterocycles. The molecule has 0 saturated carbocycles. The molecular formula is C95H91F6N15Pt2. The van der Waals surface area contributed by atoms with Crippen LogP contribution in [0.2, 0.25) is 0 Å². The van der Waals surface area contributed by atoms with Crippen molar-refractivity contribution >= 4 is 112 Å². The number of alkyl halides is 6. The van der Waals surface area contributed by atoms with Gasteiger partial charge >= 0.3 is 54.5 Å². The minimum atomic E-state index is -4.56. The van der Waals surface area contributed by atoms with Crippen LogP contribution >= 0.6 is 0 Å². The van der Waals surface area contributed by atoms with E-state index in [1.807, 2.05) is 48.5 Å². The van der Waals surface area contributed by atoms with Crippen molar-refractivity contribution in [1.29, 1.82) is 0 Å². The number of anilines is 12. The predicted molar refractivity (Wildman–Crippen MR) is 460 cm³/mol. The minimum absolute atomic E-state index is 0. The van der Waals surface area contributed by atoms with Gasteiger partial charge in [-0.25, -0.2) is 19.9 Å². The van der Waals surface area contributed by atoms with Crippen LogP contribution < -0.4 is 49.2 Å². The number of hydrogen-bond acceptors (Lipinski definition) is 13. The van der Waals surface area contributed by atoms with E-state index in [0.29, 0.717) is 80.6 Å². The van der Waals surface area contributed by atoms with Gasteiger partial charge < -0.3 is 49.2 Å². The molecule has 14 aromatic rings. The van der Waals surface area contributed by atoms with Crippen LogP contribution in [0.3, 0.4) is 0 Å². The molecule has 0 N–H and O–H groups in total. The van der Waals surface area contributed by atoms with Crippen LogP contribution in [0.4, 0.5) is 95.1 Å². The van der Waals surface area contributed by atoms with Crippen molar-refractivity contribution in [3.05, 3.63) is 284 Å². The van der Waals surface area contributed by atoms with Crippen LogP contribution in [0.1, 0.15) is 180 Å². The van der Waals surface area contributed by atoms with Crippen LogP contribution in [0, 0.1) is 38.8 Å².